The highest BCUT2D eigenvalue weighted by Gasteiger charge is 2.04. The summed E-state index contributed by atoms with van der Waals surface area (Å²) in [6, 6.07) is 13.0. The van der Waals surface area contributed by atoms with Crippen LogP contribution in [0.5, 0.6) is 11.5 Å². The van der Waals surface area contributed by atoms with Crippen molar-refractivity contribution in [3.8, 4) is 11.5 Å². The average Bonchev–Trinajstić information content (AvgIpc) is 2.30. The van der Waals surface area contributed by atoms with Gasteiger partial charge in [-0.1, -0.05) is 30.3 Å². The van der Waals surface area contributed by atoms with Gasteiger partial charge in [0.2, 0.25) is 0 Å². The van der Waals surface area contributed by atoms with Crippen LogP contribution in [0.25, 0.3) is 0 Å². The van der Waals surface area contributed by atoms with Gasteiger partial charge in [-0.2, -0.15) is 0 Å². The fourth-order valence-electron chi connectivity index (χ4n) is 1.92. The molecule has 0 spiro atoms. The third kappa shape index (κ3) is 2.78. The highest BCUT2D eigenvalue weighted by atomic mass is 16.3. The van der Waals surface area contributed by atoms with Gasteiger partial charge < -0.3 is 10.2 Å². The maximum absolute atomic E-state index is 9.68. The van der Waals surface area contributed by atoms with Gasteiger partial charge in [-0.05, 0) is 42.5 Å². The second kappa shape index (κ2) is 4.91. The molecule has 0 aliphatic carbocycles. The van der Waals surface area contributed by atoms with Crippen molar-refractivity contribution in [3.05, 3.63) is 59.2 Å². The number of phenols is 2. The van der Waals surface area contributed by atoms with Crippen molar-refractivity contribution in [1.82, 2.24) is 0 Å². The summed E-state index contributed by atoms with van der Waals surface area (Å²) in [5, 5.41) is 18.9. The Morgan fingerprint density at radius 3 is 2.29 bits per heavy atom. The van der Waals surface area contributed by atoms with Crippen LogP contribution in [-0.4, -0.2) is 10.2 Å². The zero-order chi connectivity index (χ0) is 12.3. The lowest BCUT2D eigenvalue weighted by Gasteiger charge is -2.07. The van der Waals surface area contributed by atoms with Crippen LogP contribution in [0, 0.1) is 6.92 Å². The lowest BCUT2D eigenvalue weighted by Crippen LogP contribution is -1.94. The summed E-state index contributed by atoms with van der Waals surface area (Å²) < 4.78 is 0. The molecular weight excluding hydrogens is 212 g/mol. The summed E-state index contributed by atoms with van der Waals surface area (Å²) in [7, 11) is 0. The standard InChI is InChI=1S/C15H16O2/c1-11-4-2-3-5-12(11)6-7-13-8-9-14(16)10-15(13)17/h2-5,8-10,16-17H,6-7H2,1H3. The summed E-state index contributed by atoms with van der Waals surface area (Å²) in [6.07, 6.45) is 1.67. The lowest BCUT2D eigenvalue weighted by molar-refractivity contribution is 0.446. The van der Waals surface area contributed by atoms with Gasteiger partial charge in [0.1, 0.15) is 11.5 Å². The molecule has 0 aromatic heterocycles. The molecule has 0 amide bonds. The Balaban J connectivity index is 2.10. The van der Waals surface area contributed by atoms with E-state index in [2.05, 4.69) is 19.1 Å². The SMILES string of the molecule is Cc1ccccc1CCc1ccc(O)cc1O. The highest BCUT2D eigenvalue weighted by Crippen LogP contribution is 2.24. The zero-order valence-electron chi connectivity index (χ0n) is 9.85. The minimum atomic E-state index is 0.0992. The predicted octanol–water partition coefficient (Wildman–Crippen LogP) is 3.19. The number of aromatic hydroxyl groups is 2. The van der Waals surface area contributed by atoms with E-state index in [0.717, 1.165) is 18.4 Å². The van der Waals surface area contributed by atoms with Crippen LogP contribution in [-0.2, 0) is 12.8 Å². The minimum Gasteiger partial charge on any atom is -0.508 e. The van der Waals surface area contributed by atoms with Crippen molar-refractivity contribution < 1.29 is 10.2 Å². The molecule has 0 bridgehead atoms. The third-order valence-corrected chi connectivity index (χ3v) is 2.99. The smallest absolute Gasteiger partial charge is 0.122 e. The van der Waals surface area contributed by atoms with Crippen molar-refractivity contribution in [1.29, 1.82) is 0 Å². The van der Waals surface area contributed by atoms with Crippen LogP contribution < -0.4 is 0 Å². The Labute approximate surface area is 101 Å². The Bertz CT molecular complexity index is 518. The molecule has 0 atom stereocenters. The molecule has 17 heavy (non-hydrogen) atoms. The Hall–Kier alpha value is -1.96. The van der Waals surface area contributed by atoms with Gasteiger partial charge in [0.15, 0.2) is 0 Å². The summed E-state index contributed by atoms with van der Waals surface area (Å²) in [4.78, 5) is 0. The largest absolute Gasteiger partial charge is 0.508 e. The summed E-state index contributed by atoms with van der Waals surface area (Å²) in [6.45, 7) is 2.09. The molecule has 2 heteroatoms. The minimum absolute atomic E-state index is 0.0992. The van der Waals surface area contributed by atoms with Crippen LogP contribution in [0.4, 0.5) is 0 Å². The topological polar surface area (TPSA) is 40.5 Å². The van der Waals surface area contributed by atoms with E-state index in [0.29, 0.717) is 0 Å². The molecule has 0 saturated carbocycles. The maximum atomic E-state index is 9.68. The zero-order valence-corrected chi connectivity index (χ0v) is 9.85. The second-order valence-electron chi connectivity index (χ2n) is 4.24. The number of hydrogen-bond donors (Lipinski definition) is 2. The summed E-state index contributed by atoms with van der Waals surface area (Å²) in [5.74, 6) is 0.265. The molecule has 88 valence electrons. The van der Waals surface area contributed by atoms with Gasteiger partial charge >= 0.3 is 0 Å². The van der Waals surface area contributed by atoms with Gasteiger partial charge in [0.05, 0.1) is 0 Å². The van der Waals surface area contributed by atoms with E-state index in [9.17, 15) is 10.2 Å². The van der Waals surface area contributed by atoms with Crippen molar-refractivity contribution >= 4 is 0 Å². The van der Waals surface area contributed by atoms with Gasteiger partial charge in [-0.3, -0.25) is 0 Å². The summed E-state index contributed by atoms with van der Waals surface area (Å²) >= 11 is 0. The highest BCUT2D eigenvalue weighted by molar-refractivity contribution is 5.39. The molecule has 2 rings (SSSR count). The van der Waals surface area contributed by atoms with Crippen LogP contribution in [0.1, 0.15) is 16.7 Å². The molecule has 2 aromatic rings. The van der Waals surface area contributed by atoms with Crippen LogP contribution in [0.15, 0.2) is 42.5 Å². The molecule has 2 aromatic carbocycles. The molecule has 0 aliphatic heterocycles. The van der Waals surface area contributed by atoms with Crippen LogP contribution >= 0.6 is 0 Å². The second-order valence-corrected chi connectivity index (χ2v) is 4.24. The van der Waals surface area contributed by atoms with E-state index in [4.69, 9.17) is 0 Å². The number of aryl methyl sites for hydroxylation is 3. The van der Waals surface area contributed by atoms with E-state index in [1.54, 1.807) is 12.1 Å². The molecule has 0 aliphatic rings. The van der Waals surface area contributed by atoms with Gasteiger partial charge in [0, 0.05) is 6.07 Å². The summed E-state index contributed by atoms with van der Waals surface area (Å²) in [5.41, 5.74) is 3.43. The first-order chi connectivity index (χ1) is 8.16. The molecule has 0 fully saturated rings. The van der Waals surface area contributed by atoms with E-state index in [1.165, 1.54) is 17.2 Å². The van der Waals surface area contributed by atoms with E-state index >= 15 is 0 Å². The quantitative estimate of drug-likeness (QED) is 0.847. The first-order valence-corrected chi connectivity index (χ1v) is 5.72. The fraction of sp³-hybridized carbons (Fsp3) is 0.200. The first kappa shape index (κ1) is 11.5. The Morgan fingerprint density at radius 2 is 1.59 bits per heavy atom. The molecule has 0 saturated heterocycles. The number of hydrogen-bond acceptors (Lipinski definition) is 2. The maximum Gasteiger partial charge on any atom is 0.122 e. The van der Waals surface area contributed by atoms with E-state index in [-0.39, 0.29) is 11.5 Å². The lowest BCUT2D eigenvalue weighted by atomic mass is 10.00. The van der Waals surface area contributed by atoms with Crippen molar-refractivity contribution in [3.63, 3.8) is 0 Å². The predicted molar refractivity (Wildman–Crippen MR) is 68.4 cm³/mol. The van der Waals surface area contributed by atoms with Crippen molar-refractivity contribution in [2.45, 2.75) is 19.8 Å². The average molecular weight is 228 g/mol. The molecule has 0 radical (unpaired) electrons. The normalized spacial score (nSPS) is 10.4. The van der Waals surface area contributed by atoms with Crippen LogP contribution in [0.3, 0.4) is 0 Å². The molecular formula is C15H16O2. The van der Waals surface area contributed by atoms with Gasteiger partial charge in [0.25, 0.3) is 0 Å². The van der Waals surface area contributed by atoms with E-state index in [1.807, 2.05) is 12.1 Å². The van der Waals surface area contributed by atoms with Crippen LogP contribution in [0.2, 0.25) is 0 Å². The van der Waals surface area contributed by atoms with Gasteiger partial charge in [-0.25, -0.2) is 0 Å². The molecule has 2 N–H and O–H groups in total. The van der Waals surface area contributed by atoms with Gasteiger partial charge in [-0.15, -0.1) is 0 Å². The van der Waals surface area contributed by atoms with Crippen molar-refractivity contribution in [2.75, 3.05) is 0 Å². The fourth-order valence-corrected chi connectivity index (χ4v) is 1.92. The number of benzene rings is 2. The van der Waals surface area contributed by atoms with E-state index < -0.39 is 0 Å². The molecule has 0 heterocycles. The van der Waals surface area contributed by atoms with Crippen molar-refractivity contribution in [2.24, 2.45) is 0 Å². The molecule has 0 unspecified atom stereocenters. The number of phenolic OH excluding ortho intramolecular Hbond substituents is 2. The number of rotatable bonds is 3. The molecule has 2 nitrogen and oxygen atoms in total. The third-order valence-electron chi connectivity index (χ3n) is 2.99. The Kier molecular flexibility index (Phi) is 3.33. The monoisotopic (exact) mass is 228 g/mol. The Morgan fingerprint density at radius 1 is 0.882 bits per heavy atom. The first-order valence-electron chi connectivity index (χ1n) is 5.72.